The van der Waals surface area contributed by atoms with Crippen LogP contribution in [0.1, 0.15) is 0 Å². The molecule has 2 heterocycles. The number of hydrogen-bond donors (Lipinski definition) is 0. The summed E-state index contributed by atoms with van der Waals surface area (Å²) in [5.41, 5.74) is 0.821. The third-order valence-electron chi connectivity index (χ3n) is 2.65. The Kier molecular flexibility index (Phi) is 3.66. The van der Waals surface area contributed by atoms with Gasteiger partial charge in [-0.25, -0.2) is 0 Å². The summed E-state index contributed by atoms with van der Waals surface area (Å²) in [6.45, 7) is 0. The zero-order chi connectivity index (χ0) is 14.1. The van der Waals surface area contributed by atoms with E-state index in [0.717, 1.165) is 10.9 Å². The number of benzene rings is 1. The fraction of sp³-hybridized carbons (Fsp3) is 0. The normalized spacial score (nSPS) is 10.8. The predicted molar refractivity (Wildman–Crippen MR) is 81.1 cm³/mol. The monoisotopic (exact) mass is 324 g/mol. The minimum absolute atomic E-state index is 0.144. The Morgan fingerprint density at radius 3 is 2.65 bits per heavy atom. The molecule has 0 N–H and O–H groups in total. The molecular formula is C14H7Cl3N2O. The first kappa shape index (κ1) is 13.4. The lowest BCUT2D eigenvalue weighted by molar-refractivity contribution is 0.464. The van der Waals surface area contributed by atoms with E-state index in [9.17, 15) is 0 Å². The van der Waals surface area contributed by atoms with Crippen LogP contribution in [0.2, 0.25) is 15.2 Å². The lowest BCUT2D eigenvalue weighted by Crippen LogP contribution is -1.90. The summed E-state index contributed by atoms with van der Waals surface area (Å²) in [6.07, 6.45) is 1.72. The molecule has 0 aliphatic heterocycles. The van der Waals surface area contributed by atoms with Gasteiger partial charge in [0.2, 0.25) is 5.88 Å². The number of nitrogens with zero attached hydrogens (tertiary/aromatic N) is 2. The van der Waals surface area contributed by atoms with Crippen molar-refractivity contribution in [1.82, 2.24) is 9.97 Å². The maximum atomic E-state index is 6.02. The lowest BCUT2D eigenvalue weighted by atomic mass is 10.2. The molecule has 100 valence electrons. The number of hydrogen-bond acceptors (Lipinski definition) is 3. The zero-order valence-electron chi connectivity index (χ0n) is 9.98. The van der Waals surface area contributed by atoms with Crippen molar-refractivity contribution >= 4 is 45.7 Å². The molecule has 0 amide bonds. The Balaban J connectivity index is 1.99. The molecule has 0 unspecified atom stereocenters. The van der Waals surface area contributed by atoms with Crippen molar-refractivity contribution in [3.63, 3.8) is 0 Å². The van der Waals surface area contributed by atoms with Crippen LogP contribution in [-0.2, 0) is 0 Å². The fourth-order valence-corrected chi connectivity index (χ4v) is 2.25. The fourth-order valence-electron chi connectivity index (χ4n) is 1.72. The van der Waals surface area contributed by atoms with Crippen molar-refractivity contribution in [2.75, 3.05) is 0 Å². The van der Waals surface area contributed by atoms with Gasteiger partial charge >= 0.3 is 0 Å². The molecule has 0 spiro atoms. The van der Waals surface area contributed by atoms with E-state index in [1.165, 1.54) is 6.07 Å². The highest BCUT2D eigenvalue weighted by molar-refractivity contribution is 6.42. The van der Waals surface area contributed by atoms with Gasteiger partial charge in [0.15, 0.2) is 5.15 Å². The summed E-state index contributed by atoms with van der Waals surface area (Å²) in [4.78, 5) is 8.26. The van der Waals surface area contributed by atoms with Gasteiger partial charge in [-0.3, -0.25) is 4.98 Å². The maximum Gasteiger partial charge on any atom is 0.239 e. The SMILES string of the molecule is Clc1cc(Cl)c(Oc2ccc3cccnc3c2)nc1Cl. The molecule has 0 atom stereocenters. The van der Waals surface area contributed by atoms with Crippen LogP contribution in [-0.4, -0.2) is 9.97 Å². The molecular weight excluding hydrogens is 319 g/mol. The molecule has 6 heteroatoms. The van der Waals surface area contributed by atoms with Gasteiger partial charge in [-0.2, -0.15) is 4.98 Å². The Bertz CT molecular complexity index is 792. The topological polar surface area (TPSA) is 35.0 Å². The average Bonchev–Trinajstić information content (AvgIpc) is 2.44. The molecule has 0 fully saturated rings. The highest BCUT2D eigenvalue weighted by Crippen LogP contribution is 2.33. The molecule has 0 radical (unpaired) electrons. The Morgan fingerprint density at radius 1 is 0.950 bits per heavy atom. The van der Waals surface area contributed by atoms with E-state index in [1.807, 2.05) is 24.3 Å². The van der Waals surface area contributed by atoms with Crippen LogP contribution in [0, 0.1) is 0 Å². The summed E-state index contributed by atoms with van der Waals surface area (Å²) >= 11 is 17.7. The van der Waals surface area contributed by atoms with E-state index >= 15 is 0 Å². The van der Waals surface area contributed by atoms with E-state index in [-0.39, 0.29) is 16.1 Å². The molecule has 0 bridgehead atoms. The maximum absolute atomic E-state index is 6.02. The quantitative estimate of drug-likeness (QED) is 0.593. The third-order valence-corrected chi connectivity index (χ3v) is 3.59. The minimum Gasteiger partial charge on any atom is -0.437 e. The van der Waals surface area contributed by atoms with E-state index in [1.54, 1.807) is 12.3 Å². The summed E-state index contributed by atoms with van der Waals surface area (Å²) in [7, 11) is 0. The highest BCUT2D eigenvalue weighted by Gasteiger charge is 2.10. The summed E-state index contributed by atoms with van der Waals surface area (Å²) in [5, 5.41) is 1.74. The Hall–Kier alpha value is -1.55. The largest absolute Gasteiger partial charge is 0.437 e. The number of fused-ring (bicyclic) bond motifs is 1. The molecule has 2 aromatic heterocycles. The van der Waals surface area contributed by atoms with Crippen molar-refractivity contribution in [3.05, 3.63) is 57.8 Å². The van der Waals surface area contributed by atoms with Gasteiger partial charge in [-0.05, 0) is 24.3 Å². The van der Waals surface area contributed by atoms with E-state index in [4.69, 9.17) is 39.5 Å². The smallest absolute Gasteiger partial charge is 0.239 e. The van der Waals surface area contributed by atoms with E-state index in [2.05, 4.69) is 9.97 Å². The van der Waals surface area contributed by atoms with Crippen molar-refractivity contribution in [2.24, 2.45) is 0 Å². The van der Waals surface area contributed by atoms with Gasteiger partial charge in [-0.15, -0.1) is 0 Å². The van der Waals surface area contributed by atoms with Crippen molar-refractivity contribution in [1.29, 1.82) is 0 Å². The lowest BCUT2D eigenvalue weighted by Gasteiger charge is -2.08. The third kappa shape index (κ3) is 2.66. The van der Waals surface area contributed by atoms with Crippen LogP contribution in [0.5, 0.6) is 11.6 Å². The summed E-state index contributed by atoms with van der Waals surface area (Å²) < 4.78 is 5.63. The summed E-state index contributed by atoms with van der Waals surface area (Å²) in [6, 6.07) is 10.9. The van der Waals surface area contributed by atoms with Crippen molar-refractivity contribution in [3.8, 4) is 11.6 Å². The number of pyridine rings is 2. The van der Waals surface area contributed by atoms with E-state index in [0.29, 0.717) is 10.8 Å². The average molecular weight is 326 g/mol. The van der Waals surface area contributed by atoms with Crippen molar-refractivity contribution in [2.45, 2.75) is 0 Å². The van der Waals surface area contributed by atoms with Gasteiger partial charge in [0.05, 0.1) is 10.5 Å². The Morgan fingerprint density at radius 2 is 1.80 bits per heavy atom. The summed E-state index contributed by atoms with van der Waals surface area (Å²) in [5.74, 6) is 0.778. The van der Waals surface area contributed by atoms with Crippen LogP contribution in [0.4, 0.5) is 0 Å². The molecule has 0 saturated carbocycles. The van der Waals surface area contributed by atoms with Gasteiger partial charge in [0.1, 0.15) is 10.8 Å². The zero-order valence-corrected chi connectivity index (χ0v) is 12.2. The first-order valence-corrected chi connectivity index (χ1v) is 6.81. The second kappa shape index (κ2) is 5.44. The molecule has 3 nitrogen and oxygen atoms in total. The van der Waals surface area contributed by atoms with Gasteiger partial charge < -0.3 is 4.74 Å². The standard InChI is InChI=1S/C14H7Cl3N2O/c15-10-7-11(16)14(19-13(10)17)20-9-4-3-8-2-1-5-18-12(8)6-9/h1-7H. The van der Waals surface area contributed by atoms with Crippen LogP contribution in [0.3, 0.4) is 0 Å². The van der Waals surface area contributed by atoms with Gasteiger partial charge in [0.25, 0.3) is 0 Å². The molecule has 0 aliphatic rings. The van der Waals surface area contributed by atoms with Gasteiger partial charge in [-0.1, -0.05) is 40.9 Å². The van der Waals surface area contributed by atoms with E-state index < -0.39 is 0 Å². The number of aromatic nitrogens is 2. The number of rotatable bonds is 2. The second-order valence-corrected chi connectivity index (χ2v) is 5.18. The van der Waals surface area contributed by atoms with Crippen LogP contribution in [0.15, 0.2) is 42.6 Å². The number of ether oxygens (including phenoxy) is 1. The molecule has 20 heavy (non-hydrogen) atoms. The molecule has 0 aliphatic carbocycles. The van der Waals surface area contributed by atoms with Crippen LogP contribution in [0.25, 0.3) is 10.9 Å². The molecule has 0 saturated heterocycles. The predicted octanol–water partition coefficient (Wildman–Crippen LogP) is 5.38. The van der Waals surface area contributed by atoms with Crippen LogP contribution < -0.4 is 4.74 Å². The molecule has 3 aromatic rings. The molecule has 1 aromatic carbocycles. The second-order valence-electron chi connectivity index (χ2n) is 4.01. The number of halogens is 3. The Labute approximate surface area is 130 Å². The first-order chi connectivity index (χ1) is 9.63. The minimum atomic E-state index is 0.144. The highest BCUT2D eigenvalue weighted by atomic mass is 35.5. The molecule has 3 rings (SSSR count). The first-order valence-electron chi connectivity index (χ1n) is 5.67. The van der Waals surface area contributed by atoms with Crippen molar-refractivity contribution < 1.29 is 4.74 Å². The van der Waals surface area contributed by atoms with Gasteiger partial charge in [0, 0.05) is 17.6 Å². The van der Waals surface area contributed by atoms with Crippen LogP contribution >= 0.6 is 34.8 Å².